The average molecular weight is 284 g/mol. The lowest BCUT2D eigenvalue weighted by atomic mass is 10.0. The van der Waals surface area contributed by atoms with Crippen molar-refractivity contribution in [3.05, 3.63) is 28.5 Å². The minimum Gasteiger partial charge on any atom is -0.329 e. The fraction of sp³-hybridized carbons (Fsp3) is 0.583. The number of rotatable bonds is 3. The van der Waals surface area contributed by atoms with Crippen molar-refractivity contribution in [1.29, 1.82) is 0 Å². The lowest BCUT2D eigenvalue weighted by Gasteiger charge is -2.34. The van der Waals surface area contributed by atoms with Gasteiger partial charge in [-0.3, -0.25) is 4.90 Å². The first-order chi connectivity index (χ1) is 7.79. The summed E-state index contributed by atoms with van der Waals surface area (Å²) in [5.41, 5.74) is 7.12. The largest absolute Gasteiger partial charge is 0.329 e. The molecule has 2 heterocycles. The van der Waals surface area contributed by atoms with E-state index >= 15 is 0 Å². The summed E-state index contributed by atoms with van der Waals surface area (Å²) in [5, 5.41) is 0. The Balaban J connectivity index is 2.02. The van der Waals surface area contributed by atoms with E-state index in [1.807, 2.05) is 6.20 Å². The first-order valence-electron chi connectivity index (χ1n) is 5.84. The topological polar surface area (TPSA) is 42.1 Å². The molecule has 3 nitrogen and oxygen atoms in total. The monoisotopic (exact) mass is 283 g/mol. The first kappa shape index (κ1) is 12.0. The van der Waals surface area contributed by atoms with E-state index in [0.29, 0.717) is 6.04 Å². The van der Waals surface area contributed by atoms with Crippen molar-refractivity contribution < 1.29 is 0 Å². The van der Waals surface area contributed by atoms with Gasteiger partial charge in [-0.05, 0) is 53.0 Å². The molecule has 2 N–H and O–H groups in total. The van der Waals surface area contributed by atoms with Crippen molar-refractivity contribution in [2.75, 3.05) is 13.1 Å². The van der Waals surface area contributed by atoms with Crippen LogP contribution in [0.5, 0.6) is 0 Å². The standard InChI is InChI=1S/C12H18BrN3/c13-12-7-10(4-5-15-12)9-16-6-2-1-3-11(16)8-14/h4-5,7,11H,1-3,6,8-9,14H2. The smallest absolute Gasteiger partial charge is 0.106 e. The second-order valence-corrected chi connectivity index (χ2v) is 5.16. The maximum atomic E-state index is 5.81. The number of piperidine rings is 1. The molecule has 1 unspecified atom stereocenters. The highest BCUT2D eigenvalue weighted by Gasteiger charge is 2.20. The molecule has 0 aromatic carbocycles. The Kier molecular flexibility index (Phi) is 4.32. The molecule has 1 aromatic heterocycles. The van der Waals surface area contributed by atoms with E-state index in [-0.39, 0.29) is 0 Å². The number of nitrogens with zero attached hydrogens (tertiary/aromatic N) is 2. The van der Waals surface area contributed by atoms with Crippen LogP contribution in [-0.4, -0.2) is 29.0 Å². The minimum absolute atomic E-state index is 0.556. The molecule has 0 amide bonds. The molecule has 0 radical (unpaired) electrons. The van der Waals surface area contributed by atoms with E-state index in [4.69, 9.17) is 5.73 Å². The summed E-state index contributed by atoms with van der Waals surface area (Å²) in [5.74, 6) is 0. The fourth-order valence-corrected chi connectivity index (χ4v) is 2.72. The molecule has 4 heteroatoms. The van der Waals surface area contributed by atoms with Gasteiger partial charge in [0.05, 0.1) is 0 Å². The molecule has 1 aliphatic rings. The zero-order chi connectivity index (χ0) is 11.4. The highest BCUT2D eigenvalue weighted by molar-refractivity contribution is 9.10. The first-order valence-corrected chi connectivity index (χ1v) is 6.63. The highest BCUT2D eigenvalue weighted by atomic mass is 79.9. The van der Waals surface area contributed by atoms with Crippen LogP contribution in [0.15, 0.2) is 22.9 Å². The van der Waals surface area contributed by atoms with Gasteiger partial charge in [-0.2, -0.15) is 0 Å². The van der Waals surface area contributed by atoms with E-state index in [2.05, 4.69) is 37.9 Å². The number of likely N-dealkylation sites (tertiary alicyclic amines) is 1. The molecule has 2 rings (SSSR count). The van der Waals surface area contributed by atoms with Crippen LogP contribution < -0.4 is 5.73 Å². The molecular weight excluding hydrogens is 266 g/mol. The quantitative estimate of drug-likeness (QED) is 0.865. The third-order valence-electron chi connectivity index (χ3n) is 3.20. The van der Waals surface area contributed by atoms with Gasteiger partial charge in [-0.15, -0.1) is 0 Å². The SMILES string of the molecule is NCC1CCCCN1Cc1ccnc(Br)c1. The number of pyridine rings is 1. The summed E-state index contributed by atoms with van der Waals surface area (Å²) in [6.45, 7) is 2.93. The minimum atomic E-state index is 0.556. The summed E-state index contributed by atoms with van der Waals surface area (Å²) in [4.78, 5) is 6.64. The molecule has 1 saturated heterocycles. The second-order valence-electron chi connectivity index (χ2n) is 4.34. The van der Waals surface area contributed by atoms with Crippen LogP contribution in [0.3, 0.4) is 0 Å². The van der Waals surface area contributed by atoms with Crippen LogP contribution >= 0.6 is 15.9 Å². The third-order valence-corrected chi connectivity index (χ3v) is 3.63. The van der Waals surface area contributed by atoms with Gasteiger partial charge in [0, 0.05) is 25.3 Å². The maximum absolute atomic E-state index is 5.81. The van der Waals surface area contributed by atoms with E-state index in [1.54, 1.807) is 0 Å². The van der Waals surface area contributed by atoms with Gasteiger partial charge in [0.15, 0.2) is 0 Å². The molecule has 0 spiro atoms. The molecule has 1 aromatic rings. The molecule has 1 fully saturated rings. The molecule has 1 aliphatic heterocycles. The summed E-state index contributed by atoms with van der Waals surface area (Å²) < 4.78 is 0.909. The Morgan fingerprint density at radius 2 is 2.38 bits per heavy atom. The molecule has 0 aliphatic carbocycles. The maximum Gasteiger partial charge on any atom is 0.106 e. The van der Waals surface area contributed by atoms with Gasteiger partial charge in [0.1, 0.15) is 4.60 Å². The van der Waals surface area contributed by atoms with E-state index in [9.17, 15) is 0 Å². The lowest BCUT2D eigenvalue weighted by molar-refractivity contribution is 0.145. The molecule has 1 atom stereocenters. The fourth-order valence-electron chi connectivity index (χ4n) is 2.31. The molecular formula is C12H18BrN3. The lowest BCUT2D eigenvalue weighted by Crippen LogP contribution is -2.43. The van der Waals surface area contributed by atoms with E-state index in [0.717, 1.165) is 17.7 Å². The van der Waals surface area contributed by atoms with Gasteiger partial charge in [-0.25, -0.2) is 4.98 Å². The van der Waals surface area contributed by atoms with Gasteiger partial charge >= 0.3 is 0 Å². The van der Waals surface area contributed by atoms with E-state index in [1.165, 1.54) is 31.4 Å². The Bertz CT molecular complexity index is 343. The predicted octanol–water partition coefficient (Wildman–Crippen LogP) is 2.16. The van der Waals surface area contributed by atoms with Crippen LogP contribution in [0.4, 0.5) is 0 Å². The molecule has 0 bridgehead atoms. The van der Waals surface area contributed by atoms with Crippen molar-refractivity contribution in [3.63, 3.8) is 0 Å². The van der Waals surface area contributed by atoms with Crippen LogP contribution in [0.25, 0.3) is 0 Å². The van der Waals surface area contributed by atoms with Crippen molar-refractivity contribution in [3.8, 4) is 0 Å². The van der Waals surface area contributed by atoms with Crippen LogP contribution in [0, 0.1) is 0 Å². The normalized spacial score (nSPS) is 22.2. The molecule has 0 saturated carbocycles. The van der Waals surface area contributed by atoms with Gasteiger partial charge < -0.3 is 5.73 Å². The van der Waals surface area contributed by atoms with Crippen molar-refractivity contribution >= 4 is 15.9 Å². The van der Waals surface area contributed by atoms with Crippen LogP contribution in [0.1, 0.15) is 24.8 Å². The van der Waals surface area contributed by atoms with Crippen LogP contribution in [0.2, 0.25) is 0 Å². The van der Waals surface area contributed by atoms with Gasteiger partial charge in [0.25, 0.3) is 0 Å². The van der Waals surface area contributed by atoms with E-state index < -0.39 is 0 Å². The van der Waals surface area contributed by atoms with Gasteiger partial charge in [0.2, 0.25) is 0 Å². The number of aromatic nitrogens is 1. The summed E-state index contributed by atoms with van der Waals surface area (Å²) in [7, 11) is 0. The Hall–Kier alpha value is -0.450. The number of hydrogen-bond acceptors (Lipinski definition) is 3. The van der Waals surface area contributed by atoms with Gasteiger partial charge in [-0.1, -0.05) is 6.42 Å². The predicted molar refractivity (Wildman–Crippen MR) is 69.0 cm³/mol. The molecule has 88 valence electrons. The summed E-state index contributed by atoms with van der Waals surface area (Å²) in [6.07, 6.45) is 5.70. The summed E-state index contributed by atoms with van der Waals surface area (Å²) >= 11 is 3.40. The summed E-state index contributed by atoms with van der Waals surface area (Å²) in [6, 6.07) is 4.72. The highest BCUT2D eigenvalue weighted by Crippen LogP contribution is 2.19. The number of halogens is 1. The van der Waals surface area contributed by atoms with Crippen LogP contribution in [-0.2, 0) is 6.54 Å². The Labute approximate surface area is 105 Å². The number of nitrogens with two attached hydrogens (primary N) is 1. The van der Waals surface area contributed by atoms with Crippen molar-refractivity contribution in [2.45, 2.75) is 31.8 Å². The zero-order valence-corrected chi connectivity index (χ0v) is 11.0. The third kappa shape index (κ3) is 3.03. The Morgan fingerprint density at radius 3 is 3.12 bits per heavy atom. The van der Waals surface area contributed by atoms with Crippen molar-refractivity contribution in [2.24, 2.45) is 5.73 Å². The van der Waals surface area contributed by atoms with Crippen molar-refractivity contribution in [1.82, 2.24) is 9.88 Å². The zero-order valence-electron chi connectivity index (χ0n) is 9.40. The second kappa shape index (κ2) is 5.75. The average Bonchev–Trinajstić information content (AvgIpc) is 2.30. The Morgan fingerprint density at radius 1 is 1.50 bits per heavy atom. The molecule has 16 heavy (non-hydrogen) atoms. The number of hydrogen-bond donors (Lipinski definition) is 1.